The first-order valence-corrected chi connectivity index (χ1v) is 8.73. The molecule has 0 spiro atoms. The standard InChI is InChI=1S/C21H23NO3/c23-20(14-16-11-18(12-16)17-9-5-2-6-10-17)22-19(21(24)25)13-15-7-3-1-4-8-15/h1-10,16,18-19H,11-14H2,(H,22,23)(H,24,25). The van der Waals surface area contributed by atoms with Crippen LogP contribution < -0.4 is 5.32 Å². The molecule has 1 aliphatic rings. The summed E-state index contributed by atoms with van der Waals surface area (Å²) in [5.41, 5.74) is 2.23. The molecule has 0 bridgehead atoms. The molecule has 1 amide bonds. The van der Waals surface area contributed by atoms with Crippen LogP contribution in [0.25, 0.3) is 0 Å². The lowest BCUT2D eigenvalue weighted by Gasteiger charge is -2.35. The van der Waals surface area contributed by atoms with Gasteiger partial charge in [0.15, 0.2) is 0 Å². The zero-order valence-corrected chi connectivity index (χ0v) is 14.1. The molecule has 0 heterocycles. The van der Waals surface area contributed by atoms with Crippen LogP contribution in [0.5, 0.6) is 0 Å². The molecule has 1 atom stereocenters. The quantitative estimate of drug-likeness (QED) is 0.814. The van der Waals surface area contributed by atoms with Gasteiger partial charge in [-0.25, -0.2) is 4.79 Å². The third-order valence-electron chi connectivity index (χ3n) is 4.90. The lowest BCUT2D eigenvalue weighted by molar-refractivity contribution is -0.142. The Kier molecular flexibility index (Phi) is 5.49. The average molecular weight is 337 g/mol. The number of hydrogen-bond donors (Lipinski definition) is 2. The maximum Gasteiger partial charge on any atom is 0.326 e. The number of rotatable bonds is 7. The van der Waals surface area contributed by atoms with Gasteiger partial charge in [0, 0.05) is 12.8 Å². The van der Waals surface area contributed by atoms with E-state index in [0.29, 0.717) is 24.7 Å². The fraction of sp³-hybridized carbons (Fsp3) is 0.333. The number of aliphatic carboxylic acids is 1. The first-order chi connectivity index (χ1) is 12.1. The summed E-state index contributed by atoms with van der Waals surface area (Å²) >= 11 is 0. The molecule has 130 valence electrons. The Morgan fingerprint density at radius 3 is 2.20 bits per heavy atom. The van der Waals surface area contributed by atoms with Gasteiger partial charge in [0.25, 0.3) is 0 Å². The lowest BCUT2D eigenvalue weighted by Crippen LogP contribution is -2.43. The zero-order chi connectivity index (χ0) is 17.6. The number of carboxylic acid groups (broad SMARTS) is 1. The highest BCUT2D eigenvalue weighted by molar-refractivity contribution is 5.83. The van der Waals surface area contributed by atoms with E-state index in [1.807, 2.05) is 48.5 Å². The third-order valence-corrected chi connectivity index (χ3v) is 4.90. The predicted octanol–water partition coefficient (Wildman–Crippen LogP) is 3.38. The first kappa shape index (κ1) is 17.2. The number of carbonyl (C=O) groups excluding carboxylic acids is 1. The molecule has 25 heavy (non-hydrogen) atoms. The molecular formula is C21H23NO3. The van der Waals surface area contributed by atoms with Crippen molar-refractivity contribution in [2.75, 3.05) is 0 Å². The molecule has 1 fully saturated rings. The second kappa shape index (κ2) is 7.97. The average Bonchev–Trinajstić information content (AvgIpc) is 2.59. The summed E-state index contributed by atoms with van der Waals surface area (Å²) in [6.07, 6.45) is 2.70. The molecule has 3 rings (SSSR count). The molecule has 0 aromatic heterocycles. The van der Waals surface area contributed by atoms with Gasteiger partial charge >= 0.3 is 5.97 Å². The van der Waals surface area contributed by atoms with Crippen molar-refractivity contribution in [1.82, 2.24) is 5.32 Å². The summed E-state index contributed by atoms with van der Waals surface area (Å²) in [7, 11) is 0. The second-order valence-corrected chi connectivity index (χ2v) is 6.80. The smallest absolute Gasteiger partial charge is 0.326 e. The Hall–Kier alpha value is -2.62. The van der Waals surface area contributed by atoms with Crippen LogP contribution in [0.3, 0.4) is 0 Å². The maximum absolute atomic E-state index is 12.2. The molecule has 1 unspecified atom stereocenters. The van der Waals surface area contributed by atoms with E-state index >= 15 is 0 Å². The molecule has 0 saturated heterocycles. The number of benzene rings is 2. The van der Waals surface area contributed by atoms with Gasteiger partial charge in [0.1, 0.15) is 6.04 Å². The van der Waals surface area contributed by atoms with Crippen LogP contribution in [0.4, 0.5) is 0 Å². The van der Waals surface area contributed by atoms with E-state index in [0.717, 1.165) is 18.4 Å². The summed E-state index contributed by atoms with van der Waals surface area (Å²) < 4.78 is 0. The molecule has 1 saturated carbocycles. The molecule has 2 N–H and O–H groups in total. The summed E-state index contributed by atoms with van der Waals surface area (Å²) in [6.45, 7) is 0. The number of carboxylic acids is 1. The molecule has 0 radical (unpaired) electrons. The third kappa shape index (κ3) is 4.69. The maximum atomic E-state index is 12.2. The van der Waals surface area contributed by atoms with E-state index < -0.39 is 12.0 Å². The van der Waals surface area contributed by atoms with Crippen molar-refractivity contribution in [1.29, 1.82) is 0 Å². The fourth-order valence-corrected chi connectivity index (χ4v) is 3.47. The molecule has 0 aliphatic heterocycles. The Balaban J connectivity index is 1.47. The minimum atomic E-state index is -0.993. The summed E-state index contributed by atoms with van der Waals surface area (Å²) in [6, 6.07) is 18.8. The van der Waals surface area contributed by atoms with Gasteiger partial charge in [0.2, 0.25) is 5.91 Å². The highest BCUT2D eigenvalue weighted by atomic mass is 16.4. The zero-order valence-electron chi connectivity index (χ0n) is 14.1. The minimum Gasteiger partial charge on any atom is -0.480 e. The lowest BCUT2D eigenvalue weighted by atomic mass is 9.70. The molecule has 2 aromatic carbocycles. The summed E-state index contributed by atoms with van der Waals surface area (Å²) in [4.78, 5) is 23.7. The van der Waals surface area contributed by atoms with Crippen molar-refractivity contribution < 1.29 is 14.7 Å². The highest BCUT2D eigenvalue weighted by Crippen LogP contribution is 2.43. The van der Waals surface area contributed by atoms with E-state index in [1.165, 1.54) is 5.56 Å². The molecule has 4 nitrogen and oxygen atoms in total. The van der Waals surface area contributed by atoms with Gasteiger partial charge in [-0.1, -0.05) is 60.7 Å². The Bertz CT molecular complexity index is 708. The Labute approximate surface area is 147 Å². The van der Waals surface area contributed by atoms with Gasteiger partial charge in [-0.2, -0.15) is 0 Å². The SMILES string of the molecule is O=C(CC1CC(c2ccccc2)C1)NC(Cc1ccccc1)C(=O)O. The highest BCUT2D eigenvalue weighted by Gasteiger charge is 2.32. The first-order valence-electron chi connectivity index (χ1n) is 8.73. The van der Waals surface area contributed by atoms with Gasteiger partial charge in [-0.15, -0.1) is 0 Å². The fourth-order valence-electron chi connectivity index (χ4n) is 3.47. The number of hydrogen-bond acceptors (Lipinski definition) is 2. The number of carbonyl (C=O) groups is 2. The predicted molar refractivity (Wildman–Crippen MR) is 96.2 cm³/mol. The normalized spacial score (nSPS) is 20.3. The van der Waals surface area contributed by atoms with Crippen LogP contribution >= 0.6 is 0 Å². The van der Waals surface area contributed by atoms with Crippen LogP contribution in [0.15, 0.2) is 60.7 Å². The van der Waals surface area contributed by atoms with Gasteiger partial charge in [-0.05, 0) is 35.8 Å². The molecule has 4 heteroatoms. The largest absolute Gasteiger partial charge is 0.480 e. The Morgan fingerprint density at radius 1 is 1.00 bits per heavy atom. The van der Waals surface area contributed by atoms with E-state index in [2.05, 4.69) is 17.4 Å². The van der Waals surface area contributed by atoms with Crippen LogP contribution in [-0.4, -0.2) is 23.0 Å². The van der Waals surface area contributed by atoms with Crippen LogP contribution in [0, 0.1) is 5.92 Å². The van der Waals surface area contributed by atoms with Gasteiger partial charge in [0.05, 0.1) is 0 Å². The number of nitrogens with one attached hydrogen (secondary N) is 1. The van der Waals surface area contributed by atoms with Crippen molar-refractivity contribution in [3.8, 4) is 0 Å². The van der Waals surface area contributed by atoms with Crippen molar-refractivity contribution in [3.63, 3.8) is 0 Å². The van der Waals surface area contributed by atoms with Crippen LogP contribution in [0.2, 0.25) is 0 Å². The van der Waals surface area contributed by atoms with Crippen molar-refractivity contribution in [3.05, 3.63) is 71.8 Å². The van der Waals surface area contributed by atoms with Gasteiger partial charge in [-0.3, -0.25) is 4.79 Å². The Morgan fingerprint density at radius 2 is 1.60 bits per heavy atom. The van der Waals surface area contributed by atoms with Crippen LogP contribution in [0.1, 0.15) is 36.3 Å². The van der Waals surface area contributed by atoms with Crippen molar-refractivity contribution in [2.24, 2.45) is 5.92 Å². The molecule has 2 aromatic rings. The monoisotopic (exact) mass is 337 g/mol. The number of amides is 1. The van der Waals surface area contributed by atoms with E-state index in [4.69, 9.17) is 0 Å². The van der Waals surface area contributed by atoms with Gasteiger partial charge < -0.3 is 10.4 Å². The van der Waals surface area contributed by atoms with Crippen LogP contribution in [-0.2, 0) is 16.0 Å². The second-order valence-electron chi connectivity index (χ2n) is 6.80. The summed E-state index contributed by atoms with van der Waals surface area (Å²) in [5, 5.41) is 12.0. The van der Waals surface area contributed by atoms with E-state index in [1.54, 1.807) is 0 Å². The minimum absolute atomic E-state index is 0.167. The van der Waals surface area contributed by atoms with Crippen molar-refractivity contribution in [2.45, 2.75) is 37.6 Å². The van der Waals surface area contributed by atoms with Crippen molar-refractivity contribution >= 4 is 11.9 Å². The molecule has 1 aliphatic carbocycles. The van der Waals surface area contributed by atoms with E-state index in [-0.39, 0.29) is 5.91 Å². The van der Waals surface area contributed by atoms with E-state index in [9.17, 15) is 14.7 Å². The summed E-state index contributed by atoms with van der Waals surface area (Å²) in [5.74, 6) is -0.289. The topological polar surface area (TPSA) is 66.4 Å². The molecular weight excluding hydrogens is 314 g/mol.